The fraction of sp³-hybridized carbons (Fsp3) is 0.0392. The van der Waals surface area contributed by atoms with Crippen molar-refractivity contribution in [3.05, 3.63) is 193 Å². The number of hydrogen-bond donors (Lipinski definition) is 0. The van der Waals surface area contributed by atoms with Crippen molar-refractivity contribution in [3.8, 4) is 73.8 Å². The zero-order valence-electron chi connectivity index (χ0n) is 32.8. The Labute approximate surface area is 355 Å². The second-order valence-electron chi connectivity index (χ2n) is 14.8. The largest absolute Gasteiger partial charge is 0.416 e. The van der Waals surface area contributed by atoms with Gasteiger partial charge in [-0.1, -0.05) is 127 Å². The highest BCUT2D eigenvalue weighted by atomic mass is 19.4. The number of alkyl halides is 6. The van der Waals surface area contributed by atoms with E-state index in [-0.39, 0.29) is 27.6 Å². The van der Waals surface area contributed by atoms with Gasteiger partial charge in [0.1, 0.15) is 0 Å². The number of nitrogens with zero attached hydrogens (tertiary/aromatic N) is 6. The molecule has 0 radical (unpaired) electrons. The minimum Gasteiger partial charge on any atom is -0.309 e. The summed E-state index contributed by atoms with van der Waals surface area (Å²) >= 11 is 0. The minimum absolute atomic E-state index is 0.0117. The van der Waals surface area contributed by atoms with Crippen LogP contribution in [0.3, 0.4) is 0 Å². The summed E-state index contributed by atoms with van der Waals surface area (Å²) in [6, 6.07) is 51.3. The zero-order chi connectivity index (χ0) is 43.3. The van der Waals surface area contributed by atoms with Crippen LogP contribution in [-0.2, 0) is 12.4 Å². The summed E-state index contributed by atoms with van der Waals surface area (Å²) in [7, 11) is 0. The molecule has 0 bridgehead atoms. The molecule has 63 heavy (non-hydrogen) atoms. The maximum absolute atomic E-state index is 14.2. The summed E-state index contributed by atoms with van der Waals surface area (Å²) in [5, 5.41) is -0.0234. The van der Waals surface area contributed by atoms with Gasteiger partial charge >= 0.3 is 12.4 Å². The van der Waals surface area contributed by atoms with Gasteiger partial charge in [-0.2, -0.15) is 26.3 Å². The molecular formula is C51H30F6N6. The van der Waals surface area contributed by atoms with Gasteiger partial charge in [0.05, 0.1) is 39.2 Å². The van der Waals surface area contributed by atoms with Gasteiger partial charge in [0.25, 0.3) is 0 Å². The number of rotatable bonds is 7. The first-order valence-electron chi connectivity index (χ1n) is 19.7. The molecule has 0 aliphatic carbocycles. The topological polar surface area (TPSA) is 69.4 Å². The van der Waals surface area contributed by atoms with Gasteiger partial charge in [-0.15, -0.1) is 0 Å². The smallest absolute Gasteiger partial charge is 0.309 e. The SMILES string of the molecule is FC(F)(F)c1ccc2c(c1)c1cc(C(F)(F)F)ccc1n2-c1ccc(-c2cc(-c3ccccc3)nc(-c3ccccc3)n2)cc1-c1nc(-c2ccccc2)nc(-c2ccccc2)n1. The second kappa shape index (κ2) is 15.5. The Kier molecular flexibility index (Phi) is 9.62. The van der Waals surface area contributed by atoms with Crippen molar-refractivity contribution < 1.29 is 26.3 Å². The molecule has 0 aliphatic rings. The van der Waals surface area contributed by atoms with Gasteiger partial charge < -0.3 is 4.57 Å². The van der Waals surface area contributed by atoms with Gasteiger partial charge in [-0.3, -0.25) is 0 Å². The van der Waals surface area contributed by atoms with Crippen LogP contribution < -0.4 is 0 Å². The van der Waals surface area contributed by atoms with E-state index in [4.69, 9.17) is 24.9 Å². The summed E-state index contributed by atoms with van der Waals surface area (Å²) in [6.45, 7) is 0. The van der Waals surface area contributed by atoms with E-state index in [0.29, 0.717) is 56.8 Å². The van der Waals surface area contributed by atoms with E-state index in [1.807, 2.05) is 140 Å². The Bertz CT molecular complexity index is 3110. The van der Waals surface area contributed by atoms with Crippen LogP contribution >= 0.6 is 0 Å². The van der Waals surface area contributed by atoms with E-state index >= 15 is 0 Å². The molecule has 10 rings (SSSR count). The number of fused-ring (bicyclic) bond motifs is 3. The molecule has 0 spiro atoms. The molecule has 0 N–H and O–H groups in total. The molecular weight excluding hydrogens is 811 g/mol. The van der Waals surface area contributed by atoms with Crippen LogP contribution in [0.5, 0.6) is 0 Å². The van der Waals surface area contributed by atoms with Crippen LogP contribution in [0, 0.1) is 0 Å². The molecule has 12 heteroatoms. The van der Waals surface area contributed by atoms with Gasteiger partial charge in [0, 0.05) is 44.2 Å². The molecule has 3 heterocycles. The summed E-state index contributed by atoms with van der Waals surface area (Å²) in [6.07, 6.45) is -9.50. The summed E-state index contributed by atoms with van der Waals surface area (Å²) in [4.78, 5) is 24.9. The molecule has 0 atom stereocenters. The molecule has 0 saturated carbocycles. The average Bonchev–Trinajstić information content (AvgIpc) is 3.64. The van der Waals surface area contributed by atoms with Crippen molar-refractivity contribution >= 4 is 21.8 Å². The molecule has 3 aromatic heterocycles. The lowest BCUT2D eigenvalue weighted by atomic mass is 10.0. The van der Waals surface area contributed by atoms with Crippen molar-refractivity contribution in [3.63, 3.8) is 0 Å². The lowest BCUT2D eigenvalue weighted by molar-refractivity contribution is -0.138. The third-order valence-electron chi connectivity index (χ3n) is 10.7. The first-order valence-corrected chi connectivity index (χ1v) is 19.7. The van der Waals surface area contributed by atoms with Crippen molar-refractivity contribution in [2.45, 2.75) is 12.4 Å². The number of hydrogen-bond acceptors (Lipinski definition) is 5. The predicted molar refractivity (Wildman–Crippen MR) is 232 cm³/mol. The predicted octanol–water partition coefficient (Wildman–Crippen LogP) is 13.8. The van der Waals surface area contributed by atoms with Gasteiger partial charge in [0.2, 0.25) is 0 Å². The molecule has 0 fully saturated rings. The lowest BCUT2D eigenvalue weighted by Gasteiger charge is -2.17. The number of halogens is 6. The van der Waals surface area contributed by atoms with Crippen molar-refractivity contribution in [2.75, 3.05) is 0 Å². The fourth-order valence-corrected chi connectivity index (χ4v) is 7.70. The van der Waals surface area contributed by atoms with E-state index in [1.54, 1.807) is 10.6 Å². The highest BCUT2D eigenvalue weighted by molar-refractivity contribution is 6.10. The average molecular weight is 841 g/mol. The highest BCUT2D eigenvalue weighted by Gasteiger charge is 2.34. The zero-order valence-corrected chi connectivity index (χ0v) is 32.8. The van der Waals surface area contributed by atoms with Crippen molar-refractivity contribution in [1.29, 1.82) is 0 Å². The van der Waals surface area contributed by atoms with Crippen molar-refractivity contribution in [1.82, 2.24) is 29.5 Å². The Balaban J connectivity index is 1.29. The van der Waals surface area contributed by atoms with Gasteiger partial charge in [0.15, 0.2) is 23.3 Å². The van der Waals surface area contributed by atoms with E-state index in [1.165, 1.54) is 12.1 Å². The first kappa shape index (κ1) is 39.2. The van der Waals surface area contributed by atoms with Crippen LogP contribution in [0.25, 0.3) is 95.6 Å². The third-order valence-corrected chi connectivity index (χ3v) is 10.7. The van der Waals surface area contributed by atoms with Crippen LogP contribution in [0.2, 0.25) is 0 Å². The van der Waals surface area contributed by atoms with Gasteiger partial charge in [-0.25, -0.2) is 24.9 Å². The standard InChI is InChI=1S/C51H30F6N6/c52-50(53,54)36-22-25-43-38(28-36)39-29-37(51(55,56)57)23-26-44(39)63(43)45-24-21-35(42-30-41(31-13-5-1-6-14-31)58-46(59-42)32-15-7-2-8-16-32)27-40(45)49-61-47(33-17-9-3-10-18-33)60-48(62-49)34-19-11-4-12-20-34/h1-30H. The summed E-state index contributed by atoms with van der Waals surface area (Å²) in [5.41, 5.74) is 4.15. The van der Waals surface area contributed by atoms with Crippen LogP contribution in [0.1, 0.15) is 11.1 Å². The fourth-order valence-electron chi connectivity index (χ4n) is 7.70. The van der Waals surface area contributed by atoms with E-state index in [0.717, 1.165) is 35.4 Å². The maximum atomic E-state index is 14.2. The Hall–Kier alpha value is -7.99. The second-order valence-corrected chi connectivity index (χ2v) is 14.8. The first-order chi connectivity index (χ1) is 30.5. The van der Waals surface area contributed by atoms with Crippen LogP contribution in [0.4, 0.5) is 26.3 Å². The summed E-state index contributed by atoms with van der Waals surface area (Å²) in [5.74, 6) is 1.37. The normalized spacial score (nSPS) is 12.0. The molecule has 0 saturated heterocycles. The summed E-state index contributed by atoms with van der Waals surface area (Å²) < 4.78 is 86.9. The van der Waals surface area contributed by atoms with Crippen LogP contribution in [-0.4, -0.2) is 29.5 Å². The third kappa shape index (κ3) is 7.56. The van der Waals surface area contributed by atoms with Crippen molar-refractivity contribution in [2.24, 2.45) is 0 Å². The molecule has 306 valence electrons. The number of benzene rings is 7. The molecule has 0 unspecified atom stereocenters. The maximum Gasteiger partial charge on any atom is 0.416 e. The monoisotopic (exact) mass is 840 g/mol. The quantitative estimate of drug-likeness (QED) is 0.150. The Morgan fingerprint density at radius 3 is 1.17 bits per heavy atom. The number of aromatic nitrogens is 6. The van der Waals surface area contributed by atoms with Crippen LogP contribution in [0.15, 0.2) is 182 Å². The van der Waals surface area contributed by atoms with E-state index < -0.39 is 23.5 Å². The Morgan fingerprint density at radius 2 is 0.730 bits per heavy atom. The molecule has 6 nitrogen and oxygen atoms in total. The van der Waals surface area contributed by atoms with E-state index in [9.17, 15) is 26.3 Å². The Morgan fingerprint density at radius 1 is 0.333 bits per heavy atom. The molecule has 0 aliphatic heterocycles. The van der Waals surface area contributed by atoms with Gasteiger partial charge in [-0.05, 0) is 54.6 Å². The molecule has 10 aromatic rings. The minimum atomic E-state index is -4.75. The molecule has 7 aromatic carbocycles. The van der Waals surface area contributed by atoms with E-state index in [2.05, 4.69) is 0 Å². The lowest BCUT2D eigenvalue weighted by Crippen LogP contribution is -2.06. The molecule has 0 amide bonds. The highest BCUT2D eigenvalue weighted by Crippen LogP contribution is 2.42.